The number of thiazole rings is 1. The molecule has 0 saturated carbocycles. The van der Waals surface area contributed by atoms with Gasteiger partial charge in [-0.05, 0) is 38.0 Å². The number of rotatable bonds is 10. The van der Waals surface area contributed by atoms with Gasteiger partial charge in [-0.25, -0.2) is 0 Å². The SMILES string of the molecule is CC(=O)CCCCC[C@H](NC(=O)c1cncs1)C(=O)Nc1cc(Cl)cc(Cl)c1. The Morgan fingerprint density at radius 2 is 1.82 bits per heavy atom. The van der Waals surface area contributed by atoms with Crippen LogP contribution in [0.25, 0.3) is 0 Å². The van der Waals surface area contributed by atoms with Gasteiger partial charge >= 0.3 is 0 Å². The molecule has 1 aromatic carbocycles. The van der Waals surface area contributed by atoms with Gasteiger partial charge in [0.15, 0.2) is 0 Å². The lowest BCUT2D eigenvalue weighted by atomic mass is 10.1. The normalized spacial score (nSPS) is 11.7. The Kier molecular flexibility index (Phi) is 8.89. The first-order valence-electron chi connectivity index (χ1n) is 8.81. The van der Waals surface area contributed by atoms with E-state index in [0.717, 1.165) is 12.8 Å². The highest BCUT2D eigenvalue weighted by atomic mass is 35.5. The van der Waals surface area contributed by atoms with E-state index in [1.165, 1.54) is 17.5 Å². The van der Waals surface area contributed by atoms with Crippen LogP contribution in [0.5, 0.6) is 0 Å². The minimum absolute atomic E-state index is 0.144. The van der Waals surface area contributed by atoms with E-state index in [9.17, 15) is 14.4 Å². The van der Waals surface area contributed by atoms with Crippen molar-refractivity contribution in [2.45, 2.75) is 45.1 Å². The van der Waals surface area contributed by atoms with Crippen molar-refractivity contribution in [1.82, 2.24) is 10.3 Å². The largest absolute Gasteiger partial charge is 0.339 e. The van der Waals surface area contributed by atoms with Crippen molar-refractivity contribution in [2.75, 3.05) is 5.32 Å². The Bertz CT molecular complexity index is 808. The summed E-state index contributed by atoms with van der Waals surface area (Å²) in [5.74, 6) is -0.566. The minimum Gasteiger partial charge on any atom is -0.339 e. The van der Waals surface area contributed by atoms with Gasteiger partial charge in [0.2, 0.25) is 5.91 Å². The lowest BCUT2D eigenvalue weighted by Gasteiger charge is -2.18. The number of amides is 2. The molecule has 0 saturated heterocycles. The number of hydrogen-bond acceptors (Lipinski definition) is 5. The molecule has 0 aliphatic heterocycles. The molecule has 0 aliphatic carbocycles. The van der Waals surface area contributed by atoms with Crippen LogP contribution in [0.4, 0.5) is 5.69 Å². The highest BCUT2D eigenvalue weighted by Gasteiger charge is 2.22. The Balaban J connectivity index is 2.01. The summed E-state index contributed by atoms with van der Waals surface area (Å²) in [5.41, 5.74) is 2.01. The zero-order chi connectivity index (χ0) is 20.5. The van der Waals surface area contributed by atoms with Crippen molar-refractivity contribution in [2.24, 2.45) is 0 Å². The topological polar surface area (TPSA) is 88.2 Å². The molecule has 2 N–H and O–H groups in total. The lowest BCUT2D eigenvalue weighted by Crippen LogP contribution is -2.43. The summed E-state index contributed by atoms with van der Waals surface area (Å²) in [6.45, 7) is 1.56. The number of nitrogens with one attached hydrogen (secondary N) is 2. The molecule has 150 valence electrons. The second-order valence-corrected chi connectivity index (χ2v) is 8.10. The minimum atomic E-state index is -0.732. The molecule has 1 aromatic heterocycles. The van der Waals surface area contributed by atoms with Crippen LogP contribution in [-0.4, -0.2) is 28.6 Å². The number of nitrogens with zero attached hydrogens (tertiary/aromatic N) is 1. The fraction of sp³-hybridized carbons (Fsp3) is 0.368. The maximum atomic E-state index is 12.7. The Morgan fingerprint density at radius 1 is 1.11 bits per heavy atom. The second kappa shape index (κ2) is 11.1. The summed E-state index contributed by atoms with van der Waals surface area (Å²) in [5, 5.41) is 6.30. The molecule has 0 unspecified atom stereocenters. The molecule has 28 heavy (non-hydrogen) atoms. The molecular weight excluding hydrogens is 421 g/mol. The molecule has 2 amide bonds. The van der Waals surface area contributed by atoms with Gasteiger partial charge in [0.25, 0.3) is 5.91 Å². The first kappa shape index (κ1) is 22.3. The quantitative estimate of drug-likeness (QED) is 0.521. The second-order valence-electron chi connectivity index (χ2n) is 6.34. The van der Waals surface area contributed by atoms with Crippen LogP contribution in [0.1, 0.15) is 48.7 Å². The van der Waals surface area contributed by atoms with E-state index in [1.807, 2.05) is 0 Å². The molecule has 6 nitrogen and oxygen atoms in total. The summed E-state index contributed by atoms with van der Waals surface area (Å²) in [7, 11) is 0. The zero-order valence-electron chi connectivity index (χ0n) is 15.3. The first-order valence-corrected chi connectivity index (χ1v) is 10.4. The fourth-order valence-electron chi connectivity index (χ4n) is 2.58. The average molecular weight is 442 g/mol. The van der Waals surface area contributed by atoms with Crippen LogP contribution in [0.2, 0.25) is 10.0 Å². The number of anilines is 1. The molecule has 2 rings (SSSR count). The number of carbonyl (C=O) groups is 3. The Hall–Kier alpha value is -1.96. The van der Waals surface area contributed by atoms with Crippen molar-refractivity contribution >= 4 is 57.8 Å². The number of unbranched alkanes of at least 4 members (excludes halogenated alkanes) is 2. The third-order valence-corrected chi connectivity index (χ3v) is 5.14. The Labute approximate surface area is 177 Å². The lowest BCUT2D eigenvalue weighted by molar-refractivity contribution is -0.118. The molecule has 0 radical (unpaired) electrons. The number of Topliss-reactive ketones (excluding diaryl/α,β-unsaturated/α-hetero) is 1. The zero-order valence-corrected chi connectivity index (χ0v) is 17.7. The van der Waals surface area contributed by atoms with Gasteiger partial charge in [-0.3, -0.25) is 14.6 Å². The summed E-state index contributed by atoms with van der Waals surface area (Å²) in [6.07, 6.45) is 4.68. The van der Waals surface area contributed by atoms with E-state index in [1.54, 1.807) is 30.6 Å². The van der Waals surface area contributed by atoms with E-state index in [0.29, 0.717) is 39.9 Å². The van der Waals surface area contributed by atoms with Crippen molar-refractivity contribution < 1.29 is 14.4 Å². The molecule has 0 fully saturated rings. The number of benzene rings is 1. The number of aromatic nitrogens is 1. The van der Waals surface area contributed by atoms with Gasteiger partial charge in [0, 0.05) is 22.2 Å². The fourth-order valence-corrected chi connectivity index (χ4v) is 3.63. The summed E-state index contributed by atoms with van der Waals surface area (Å²) < 4.78 is 0. The summed E-state index contributed by atoms with van der Waals surface area (Å²) in [6, 6.07) is 4.00. The molecule has 1 atom stereocenters. The van der Waals surface area contributed by atoms with E-state index in [-0.39, 0.29) is 17.6 Å². The maximum Gasteiger partial charge on any atom is 0.263 e. The van der Waals surface area contributed by atoms with Crippen molar-refractivity contribution in [3.63, 3.8) is 0 Å². The maximum absolute atomic E-state index is 12.7. The van der Waals surface area contributed by atoms with Crippen LogP contribution in [0.15, 0.2) is 29.9 Å². The molecule has 9 heteroatoms. The molecule has 1 heterocycles. The molecule has 0 spiro atoms. The Morgan fingerprint density at radius 3 is 2.43 bits per heavy atom. The highest BCUT2D eigenvalue weighted by molar-refractivity contribution is 7.11. The van der Waals surface area contributed by atoms with E-state index < -0.39 is 6.04 Å². The van der Waals surface area contributed by atoms with E-state index in [2.05, 4.69) is 15.6 Å². The van der Waals surface area contributed by atoms with Gasteiger partial charge in [-0.2, -0.15) is 0 Å². The van der Waals surface area contributed by atoms with Gasteiger partial charge in [-0.15, -0.1) is 11.3 Å². The number of hydrogen-bond donors (Lipinski definition) is 2. The van der Waals surface area contributed by atoms with Crippen LogP contribution in [0, 0.1) is 0 Å². The first-order chi connectivity index (χ1) is 13.3. The number of carbonyl (C=O) groups excluding carboxylic acids is 3. The van der Waals surface area contributed by atoms with Crippen LogP contribution in [-0.2, 0) is 9.59 Å². The smallest absolute Gasteiger partial charge is 0.263 e. The monoisotopic (exact) mass is 441 g/mol. The number of halogens is 2. The molecular formula is C19H21Cl2N3O3S. The van der Waals surface area contributed by atoms with Gasteiger partial charge in [-0.1, -0.05) is 36.0 Å². The van der Waals surface area contributed by atoms with Crippen molar-refractivity contribution in [3.8, 4) is 0 Å². The van der Waals surface area contributed by atoms with Crippen LogP contribution >= 0.6 is 34.5 Å². The third-order valence-electron chi connectivity index (χ3n) is 3.93. The third kappa shape index (κ3) is 7.58. The van der Waals surface area contributed by atoms with Crippen LogP contribution in [0.3, 0.4) is 0 Å². The van der Waals surface area contributed by atoms with Gasteiger partial charge < -0.3 is 15.4 Å². The summed E-state index contributed by atoms with van der Waals surface area (Å²) in [4.78, 5) is 40.4. The van der Waals surface area contributed by atoms with Crippen LogP contribution < -0.4 is 10.6 Å². The predicted octanol–water partition coefficient (Wildman–Crippen LogP) is 4.73. The van der Waals surface area contributed by atoms with Gasteiger partial charge in [0.05, 0.1) is 11.7 Å². The average Bonchev–Trinajstić information content (AvgIpc) is 3.13. The standard InChI is InChI=1S/C19H21Cl2N3O3S/c1-12(25)5-3-2-4-6-16(24-19(27)17-10-22-11-28-17)18(26)23-15-8-13(20)7-14(21)9-15/h7-11,16H,2-6H2,1H3,(H,23,26)(H,24,27)/t16-/m0/s1. The molecule has 0 bridgehead atoms. The van der Waals surface area contributed by atoms with E-state index >= 15 is 0 Å². The van der Waals surface area contributed by atoms with Crippen molar-refractivity contribution in [1.29, 1.82) is 0 Å². The molecule has 0 aliphatic rings. The van der Waals surface area contributed by atoms with Crippen molar-refractivity contribution in [3.05, 3.63) is 44.8 Å². The van der Waals surface area contributed by atoms with Gasteiger partial charge in [0.1, 0.15) is 16.7 Å². The predicted molar refractivity (Wildman–Crippen MR) is 112 cm³/mol. The number of ketones is 1. The van der Waals surface area contributed by atoms with E-state index in [4.69, 9.17) is 23.2 Å². The summed E-state index contributed by atoms with van der Waals surface area (Å²) >= 11 is 13.1. The highest BCUT2D eigenvalue weighted by Crippen LogP contribution is 2.23. The molecule has 2 aromatic rings.